The van der Waals surface area contributed by atoms with E-state index in [-0.39, 0.29) is 11.7 Å². The standard InChI is InChI=1S/C14H20N2O3/c1-19-14(18)13(11-4-2-5-12(17)10-11)16-8-3-6-15-7-9-16/h2,4-5,10,13,15,17H,3,6-9H2,1H3. The number of ether oxygens (including phenoxy) is 1. The summed E-state index contributed by atoms with van der Waals surface area (Å²) in [5.41, 5.74) is 0.772. The van der Waals surface area contributed by atoms with Crippen molar-refractivity contribution in [3.8, 4) is 5.75 Å². The molecule has 1 aliphatic heterocycles. The molecule has 2 rings (SSSR count). The zero-order valence-electron chi connectivity index (χ0n) is 11.1. The first-order valence-electron chi connectivity index (χ1n) is 6.54. The molecule has 1 unspecified atom stereocenters. The molecule has 1 aliphatic rings. The summed E-state index contributed by atoms with van der Waals surface area (Å²) >= 11 is 0. The van der Waals surface area contributed by atoms with Gasteiger partial charge in [-0.2, -0.15) is 0 Å². The minimum Gasteiger partial charge on any atom is -0.508 e. The lowest BCUT2D eigenvalue weighted by Crippen LogP contribution is -2.37. The zero-order chi connectivity index (χ0) is 13.7. The Labute approximate surface area is 113 Å². The van der Waals surface area contributed by atoms with Crippen LogP contribution >= 0.6 is 0 Å². The van der Waals surface area contributed by atoms with Gasteiger partial charge in [0.1, 0.15) is 11.8 Å². The Balaban J connectivity index is 2.26. The number of phenolic OH excluding ortho intramolecular Hbond substituents is 1. The average molecular weight is 264 g/mol. The van der Waals surface area contributed by atoms with Crippen LogP contribution < -0.4 is 5.32 Å². The van der Waals surface area contributed by atoms with Gasteiger partial charge in [-0.3, -0.25) is 4.90 Å². The first-order valence-corrected chi connectivity index (χ1v) is 6.54. The second kappa shape index (κ2) is 6.54. The maximum absolute atomic E-state index is 12.1. The van der Waals surface area contributed by atoms with Gasteiger partial charge >= 0.3 is 5.97 Å². The molecule has 1 heterocycles. The lowest BCUT2D eigenvalue weighted by molar-refractivity contribution is -0.147. The summed E-state index contributed by atoms with van der Waals surface area (Å²) in [5, 5.41) is 12.9. The molecule has 104 valence electrons. The van der Waals surface area contributed by atoms with E-state index in [2.05, 4.69) is 10.2 Å². The number of esters is 1. The third-order valence-electron chi connectivity index (χ3n) is 3.35. The van der Waals surface area contributed by atoms with E-state index in [1.54, 1.807) is 18.2 Å². The number of nitrogens with one attached hydrogen (secondary N) is 1. The minimum atomic E-state index is -0.447. The molecule has 1 saturated heterocycles. The van der Waals surface area contributed by atoms with Gasteiger partial charge in [-0.15, -0.1) is 0 Å². The largest absolute Gasteiger partial charge is 0.508 e. The van der Waals surface area contributed by atoms with Crippen molar-refractivity contribution in [3.05, 3.63) is 29.8 Å². The molecule has 0 saturated carbocycles. The third kappa shape index (κ3) is 3.45. The fraction of sp³-hybridized carbons (Fsp3) is 0.500. The lowest BCUT2D eigenvalue weighted by Gasteiger charge is -2.28. The highest BCUT2D eigenvalue weighted by atomic mass is 16.5. The first kappa shape index (κ1) is 13.8. The second-order valence-electron chi connectivity index (χ2n) is 4.66. The summed E-state index contributed by atoms with van der Waals surface area (Å²) in [7, 11) is 1.40. The number of nitrogens with zero attached hydrogens (tertiary/aromatic N) is 1. The van der Waals surface area contributed by atoms with Crippen LogP contribution in [0.5, 0.6) is 5.75 Å². The van der Waals surface area contributed by atoms with Crippen molar-refractivity contribution >= 4 is 5.97 Å². The Morgan fingerprint density at radius 1 is 1.42 bits per heavy atom. The molecule has 0 spiro atoms. The van der Waals surface area contributed by atoms with E-state index in [0.717, 1.165) is 38.2 Å². The fourth-order valence-corrected chi connectivity index (χ4v) is 2.43. The number of carbonyl (C=O) groups is 1. The molecule has 0 amide bonds. The van der Waals surface area contributed by atoms with Gasteiger partial charge in [-0.05, 0) is 30.7 Å². The van der Waals surface area contributed by atoms with Crippen LogP contribution in [-0.4, -0.2) is 49.3 Å². The molecule has 0 aromatic heterocycles. The van der Waals surface area contributed by atoms with E-state index in [1.807, 2.05) is 6.07 Å². The highest BCUT2D eigenvalue weighted by Gasteiger charge is 2.29. The van der Waals surface area contributed by atoms with E-state index in [0.29, 0.717) is 0 Å². The number of carbonyl (C=O) groups excluding carboxylic acids is 1. The molecule has 1 aromatic carbocycles. The van der Waals surface area contributed by atoms with Crippen LogP contribution in [0.15, 0.2) is 24.3 Å². The predicted octanol–water partition coefficient (Wildman–Crippen LogP) is 0.902. The molecule has 2 N–H and O–H groups in total. The molecule has 19 heavy (non-hydrogen) atoms. The zero-order valence-corrected chi connectivity index (χ0v) is 11.1. The average Bonchev–Trinajstić information content (AvgIpc) is 2.68. The summed E-state index contributed by atoms with van der Waals surface area (Å²) in [5.74, 6) is -0.119. The van der Waals surface area contributed by atoms with Crippen LogP contribution in [0.25, 0.3) is 0 Å². The monoisotopic (exact) mass is 264 g/mol. The van der Waals surface area contributed by atoms with Gasteiger partial charge in [0.25, 0.3) is 0 Å². The Bertz CT molecular complexity index is 428. The van der Waals surface area contributed by atoms with Gasteiger partial charge in [-0.1, -0.05) is 12.1 Å². The van der Waals surface area contributed by atoms with Crippen LogP contribution in [0.1, 0.15) is 18.0 Å². The van der Waals surface area contributed by atoms with Crippen molar-refractivity contribution < 1.29 is 14.6 Å². The topological polar surface area (TPSA) is 61.8 Å². The summed E-state index contributed by atoms with van der Waals surface area (Å²) in [6.45, 7) is 3.44. The van der Waals surface area contributed by atoms with Gasteiger partial charge in [0.2, 0.25) is 0 Å². The minimum absolute atomic E-state index is 0.166. The normalized spacial score (nSPS) is 18.6. The van der Waals surface area contributed by atoms with Gasteiger partial charge in [-0.25, -0.2) is 4.79 Å². The Morgan fingerprint density at radius 2 is 2.26 bits per heavy atom. The van der Waals surface area contributed by atoms with E-state index in [4.69, 9.17) is 4.74 Å². The van der Waals surface area contributed by atoms with E-state index < -0.39 is 6.04 Å². The van der Waals surface area contributed by atoms with Crippen LogP contribution in [-0.2, 0) is 9.53 Å². The highest BCUT2D eigenvalue weighted by molar-refractivity contribution is 5.77. The number of phenols is 1. The van der Waals surface area contributed by atoms with Crippen LogP contribution in [0.3, 0.4) is 0 Å². The SMILES string of the molecule is COC(=O)C(c1cccc(O)c1)N1CCCNCC1. The van der Waals surface area contributed by atoms with Crippen LogP contribution in [0, 0.1) is 0 Å². The predicted molar refractivity (Wildman–Crippen MR) is 71.9 cm³/mol. The molecule has 0 radical (unpaired) electrons. The third-order valence-corrected chi connectivity index (χ3v) is 3.35. The summed E-state index contributed by atoms with van der Waals surface area (Å²) in [6, 6.07) is 6.37. The number of hydrogen-bond donors (Lipinski definition) is 2. The molecule has 0 bridgehead atoms. The Hall–Kier alpha value is -1.59. The van der Waals surface area contributed by atoms with Crippen LogP contribution in [0.2, 0.25) is 0 Å². The number of aromatic hydroxyl groups is 1. The van der Waals surface area contributed by atoms with E-state index in [1.165, 1.54) is 7.11 Å². The van der Waals surface area contributed by atoms with E-state index >= 15 is 0 Å². The molecule has 1 fully saturated rings. The van der Waals surface area contributed by atoms with Crippen molar-refractivity contribution in [2.45, 2.75) is 12.5 Å². The van der Waals surface area contributed by atoms with Crippen molar-refractivity contribution in [3.63, 3.8) is 0 Å². The molecule has 1 atom stereocenters. The molecule has 5 nitrogen and oxygen atoms in total. The van der Waals surface area contributed by atoms with Gasteiger partial charge in [0, 0.05) is 19.6 Å². The van der Waals surface area contributed by atoms with Crippen molar-refractivity contribution in [1.29, 1.82) is 0 Å². The number of benzene rings is 1. The van der Waals surface area contributed by atoms with Gasteiger partial charge in [0.15, 0.2) is 0 Å². The Morgan fingerprint density at radius 3 is 3.00 bits per heavy atom. The van der Waals surface area contributed by atoms with Crippen molar-refractivity contribution in [2.24, 2.45) is 0 Å². The maximum Gasteiger partial charge on any atom is 0.327 e. The lowest BCUT2D eigenvalue weighted by atomic mass is 10.0. The second-order valence-corrected chi connectivity index (χ2v) is 4.66. The first-order chi connectivity index (χ1) is 9.22. The molecular weight excluding hydrogens is 244 g/mol. The number of methoxy groups -OCH3 is 1. The van der Waals surface area contributed by atoms with E-state index in [9.17, 15) is 9.90 Å². The maximum atomic E-state index is 12.1. The summed E-state index contributed by atoms with van der Waals surface area (Å²) < 4.78 is 4.92. The summed E-state index contributed by atoms with van der Waals surface area (Å²) in [4.78, 5) is 14.2. The van der Waals surface area contributed by atoms with Crippen molar-refractivity contribution in [2.75, 3.05) is 33.3 Å². The molecular formula is C14H20N2O3. The van der Waals surface area contributed by atoms with Gasteiger partial charge < -0.3 is 15.2 Å². The fourth-order valence-electron chi connectivity index (χ4n) is 2.43. The van der Waals surface area contributed by atoms with Crippen molar-refractivity contribution in [1.82, 2.24) is 10.2 Å². The number of rotatable bonds is 3. The smallest absolute Gasteiger partial charge is 0.327 e. The molecule has 5 heteroatoms. The number of hydrogen-bond acceptors (Lipinski definition) is 5. The summed E-state index contributed by atoms with van der Waals surface area (Å²) in [6.07, 6.45) is 0.992. The Kier molecular flexibility index (Phi) is 4.76. The van der Waals surface area contributed by atoms with Gasteiger partial charge in [0.05, 0.1) is 7.11 Å². The molecule has 1 aromatic rings. The van der Waals surface area contributed by atoms with Crippen LogP contribution in [0.4, 0.5) is 0 Å². The highest BCUT2D eigenvalue weighted by Crippen LogP contribution is 2.25. The molecule has 0 aliphatic carbocycles. The quantitative estimate of drug-likeness (QED) is 0.794.